The van der Waals surface area contributed by atoms with E-state index in [9.17, 15) is 0 Å². The Balaban J connectivity index is 1.53. The molecule has 0 radical (unpaired) electrons. The fraction of sp³-hybridized carbons (Fsp3) is 0.122. The summed E-state index contributed by atoms with van der Waals surface area (Å²) in [6, 6.07) is 47.6. The second kappa shape index (κ2) is 8.25. The lowest BCUT2D eigenvalue weighted by atomic mass is 9.61. The summed E-state index contributed by atoms with van der Waals surface area (Å²) in [4.78, 5) is 1.49. The SMILES string of the molecule is CC1c2c(ccc3oc4ccccc4c23)C2(c3ccccc3-n3c4ccccc4c4cccc2c43)c2ccccc2S1(C)C. The van der Waals surface area contributed by atoms with Crippen molar-refractivity contribution in [2.75, 3.05) is 12.5 Å². The number of fused-ring (bicyclic) bond motifs is 15. The van der Waals surface area contributed by atoms with Crippen LogP contribution in [-0.2, 0) is 5.41 Å². The Hall–Kier alpha value is -4.73. The zero-order valence-electron chi connectivity index (χ0n) is 25.0. The van der Waals surface area contributed by atoms with Crippen LogP contribution in [0.4, 0.5) is 0 Å². The number of nitrogens with zero attached hydrogens (tertiary/aromatic N) is 1. The first-order chi connectivity index (χ1) is 21.5. The van der Waals surface area contributed by atoms with E-state index in [1.165, 1.54) is 71.0 Å². The molecule has 44 heavy (non-hydrogen) atoms. The van der Waals surface area contributed by atoms with Crippen LogP contribution in [0.3, 0.4) is 0 Å². The molecule has 1 spiro atoms. The molecule has 2 atom stereocenters. The molecule has 0 saturated heterocycles. The Kier molecular flexibility index (Phi) is 4.63. The average Bonchev–Trinajstić information content (AvgIpc) is 3.60. The molecule has 10 rings (SSSR count). The van der Waals surface area contributed by atoms with E-state index in [-0.39, 0.29) is 0 Å². The van der Waals surface area contributed by atoms with Gasteiger partial charge >= 0.3 is 0 Å². The van der Waals surface area contributed by atoms with Gasteiger partial charge in [-0.15, -0.1) is 0 Å². The molecule has 0 aliphatic carbocycles. The van der Waals surface area contributed by atoms with Crippen LogP contribution in [0.5, 0.6) is 0 Å². The summed E-state index contributed by atoms with van der Waals surface area (Å²) in [5, 5.41) is 5.40. The molecule has 6 aromatic carbocycles. The fourth-order valence-electron chi connectivity index (χ4n) is 8.74. The molecule has 0 amide bonds. The molecule has 8 aromatic rings. The molecule has 3 heteroatoms. The molecule has 0 bridgehead atoms. The van der Waals surface area contributed by atoms with Crippen molar-refractivity contribution in [3.8, 4) is 5.69 Å². The highest BCUT2D eigenvalue weighted by Crippen LogP contribution is 2.70. The fourth-order valence-corrected chi connectivity index (χ4v) is 11.2. The lowest BCUT2D eigenvalue weighted by Crippen LogP contribution is -2.36. The summed E-state index contributed by atoms with van der Waals surface area (Å²) in [6.45, 7) is 2.47. The third-order valence-electron chi connectivity index (χ3n) is 10.8. The number of hydrogen-bond donors (Lipinski definition) is 0. The largest absolute Gasteiger partial charge is 0.456 e. The molecule has 0 fully saturated rings. The molecule has 4 heterocycles. The van der Waals surface area contributed by atoms with Crippen molar-refractivity contribution in [3.63, 3.8) is 0 Å². The first-order valence-electron chi connectivity index (χ1n) is 15.4. The molecule has 2 unspecified atom stereocenters. The highest BCUT2D eigenvalue weighted by atomic mass is 32.3. The Labute approximate surface area is 257 Å². The number of rotatable bonds is 0. The molecule has 2 aliphatic rings. The van der Waals surface area contributed by atoms with Crippen LogP contribution in [-0.4, -0.2) is 17.1 Å². The van der Waals surface area contributed by atoms with Crippen molar-refractivity contribution in [1.82, 2.24) is 4.57 Å². The van der Waals surface area contributed by atoms with Crippen LogP contribution in [0.2, 0.25) is 0 Å². The van der Waals surface area contributed by atoms with E-state index >= 15 is 0 Å². The summed E-state index contributed by atoms with van der Waals surface area (Å²) < 4.78 is 9.09. The van der Waals surface area contributed by atoms with Gasteiger partial charge < -0.3 is 8.98 Å². The predicted molar refractivity (Wildman–Crippen MR) is 186 cm³/mol. The van der Waals surface area contributed by atoms with Crippen LogP contribution >= 0.6 is 10.0 Å². The summed E-state index contributed by atoms with van der Waals surface area (Å²) in [5.41, 5.74) is 12.2. The monoisotopic (exact) mass is 585 g/mol. The summed E-state index contributed by atoms with van der Waals surface area (Å²) in [5.74, 6) is 0. The number of para-hydroxylation sites is 4. The van der Waals surface area contributed by atoms with E-state index < -0.39 is 15.4 Å². The third-order valence-corrected chi connectivity index (χ3v) is 14.3. The minimum absolute atomic E-state index is 0.307. The molecular weight excluding hydrogens is 555 g/mol. The van der Waals surface area contributed by atoms with E-state index in [0.717, 1.165) is 11.2 Å². The van der Waals surface area contributed by atoms with Gasteiger partial charge in [0, 0.05) is 26.8 Å². The van der Waals surface area contributed by atoms with E-state index in [0.29, 0.717) is 5.25 Å². The minimum Gasteiger partial charge on any atom is -0.456 e. The van der Waals surface area contributed by atoms with Crippen molar-refractivity contribution in [2.45, 2.75) is 22.5 Å². The standard InChI is InChI=1S/C41H31NOS/c1-25-38-31(23-24-36-39(38)28-14-5-10-21-35(28)43-36)41(30-17-7-11-22-37(30)44(25,2)3)29-16-6-9-20-34(29)42-33-19-8-4-13-26(33)27-15-12-18-32(41)40(27)42/h4-25H,1-3H3. The second-order valence-electron chi connectivity index (χ2n) is 12.9. The number of hydrogen-bond acceptors (Lipinski definition) is 1. The van der Waals surface area contributed by atoms with E-state index in [1.807, 2.05) is 0 Å². The van der Waals surface area contributed by atoms with Gasteiger partial charge in [0.2, 0.25) is 0 Å². The van der Waals surface area contributed by atoms with Gasteiger partial charge in [0.25, 0.3) is 0 Å². The Bertz CT molecular complexity index is 2510. The number of furan rings is 1. The minimum atomic E-state index is -1.31. The maximum Gasteiger partial charge on any atom is 0.135 e. The van der Waals surface area contributed by atoms with Crippen molar-refractivity contribution >= 4 is 53.8 Å². The average molecular weight is 586 g/mol. The van der Waals surface area contributed by atoms with Gasteiger partial charge in [0.15, 0.2) is 0 Å². The van der Waals surface area contributed by atoms with E-state index in [1.54, 1.807) is 0 Å². The molecule has 2 aliphatic heterocycles. The highest BCUT2D eigenvalue weighted by molar-refractivity contribution is 8.32. The van der Waals surface area contributed by atoms with E-state index in [4.69, 9.17) is 4.42 Å². The van der Waals surface area contributed by atoms with Crippen LogP contribution in [0.25, 0.3) is 49.4 Å². The first-order valence-corrected chi connectivity index (χ1v) is 17.9. The molecule has 0 saturated carbocycles. The van der Waals surface area contributed by atoms with Crippen molar-refractivity contribution in [1.29, 1.82) is 0 Å². The van der Waals surface area contributed by atoms with Gasteiger partial charge in [-0.3, -0.25) is 0 Å². The Morgan fingerprint density at radius 1 is 0.591 bits per heavy atom. The topological polar surface area (TPSA) is 18.1 Å². The molecule has 2 nitrogen and oxygen atoms in total. The number of aromatic nitrogens is 1. The first kappa shape index (κ1) is 24.7. The smallest absolute Gasteiger partial charge is 0.135 e. The maximum atomic E-state index is 6.56. The molecule has 2 aromatic heterocycles. The quantitative estimate of drug-likeness (QED) is 0.173. The maximum absolute atomic E-state index is 6.56. The second-order valence-corrected chi connectivity index (χ2v) is 16.8. The molecule has 212 valence electrons. The predicted octanol–water partition coefficient (Wildman–Crippen LogP) is 10.9. The lowest BCUT2D eigenvalue weighted by Gasteiger charge is -2.43. The van der Waals surface area contributed by atoms with Gasteiger partial charge in [-0.05, 0) is 75.6 Å². The van der Waals surface area contributed by atoms with Crippen LogP contribution < -0.4 is 0 Å². The van der Waals surface area contributed by atoms with Crippen LogP contribution in [0.15, 0.2) is 137 Å². The van der Waals surface area contributed by atoms with Crippen LogP contribution in [0, 0.1) is 0 Å². The van der Waals surface area contributed by atoms with Gasteiger partial charge in [-0.25, -0.2) is 10.0 Å². The zero-order valence-corrected chi connectivity index (χ0v) is 25.8. The Morgan fingerprint density at radius 2 is 1.27 bits per heavy atom. The van der Waals surface area contributed by atoms with Gasteiger partial charge in [0.1, 0.15) is 11.2 Å². The lowest BCUT2D eigenvalue weighted by molar-refractivity contribution is 0.666. The van der Waals surface area contributed by atoms with Crippen LogP contribution in [0.1, 0.15) is 40.0 Å². The van der Waals surface area contributed by atoms with Gasteiger partial charge in [-0.2, -0.15) is 0 Å². The molecule has 0 N–H and O–H groups in total. The summed E-state index contributed by atoms with van der Waals surface area (Å²) >= 11 is 0. The summed E-state index contributed by atoms with van der Waals surface area (Å²) in [7, 11) is -1.31. The number of benzene rings is 6. The van der Waals surface area contributed by atoms with Crippen molar-refractivity contribution in [2.24, 2.45) is 0 Å². The van der Waals surface area contributed by atoms with Crippen molar-refractivity contribution < 1.29 is 4.42 Å². The summed E-state index contributed by atoms with van der Waals surface area (Å²) in [6.07, 6.45) is 5.04. The molecular formula is C41H31NOS. The normalized spacial score (nSPS) is 20.5. The zero-order chi connectivity index (χ0) is 29.4. The van der Waals surface area contributed by atoms with Gasteiger partial charge in [-0.1, -0.05) is 104 Å². The van der Waals surface area contributed by atoms with E-state index in [2.05, 4.69) is 151 Å². The highest BCUT2D eigenvalue weighted by Gasteiger charge is 2.51. The third kappa shape index (κ3) is 2.72. The van der Waals surface area contributed by atoms with Crippen molar-refractivity contribution in [3.05, 3.63) is 155 Å². The Morgan fingerprint density at radius 3 is 2.16 bits per heavy atom. The van der Waals surface area contributed by atoms with Gasteiger partial charge in [0.05, 0.1) is 22.1 Å².